The topological polar surface area (TPSA) is 77.0 Å². The highest BCUT2D eigenvalue weighted by Crippen LogP contribution is 2.29. The quantitative estimate of drug-likeness (QED) is 0.573. The molecule has 0 radical (unpaired) electrons. The third-order valence-electron chi connectivity index (χ3n) is 2.58. The molecule has 1 unspecified atom stereocenters. The fourth-order valence-corrected chi connectivity index (χ4v) is 1.96. The van der Waals surface area contributed by atoms with Crippen LogP contribution in [0.1, 0.15) is 17.2 Å². The van der Waals surface area contributed by atoms with E-state index in [1.54, 1.807) is 18.5 Å². The molecular weight excluding hydrogens is 236 g/mol. The van der Waals surface area contributed by atoms with E-state index >= 15 is 0 Å². The van der Waals surface area contributed by atoms with Crippen molar-refractivity contribution >= 4 is 17.3 Å². The zero-order chi connectivity index (χ0) is 12.3. The fraction of sp³-hybridized carbons (Fsp3) is 0.0833. The largest absolute Gasteiger partial charge is 0.398 e. The number of nitrogens with one attached hydrogen (secondary N) is 1. The van der Waals surface area contributed by atoms with Gasteiger partial charge in [0.15, 0.2) is 0 Å². The predicted molar refractivity (Wildman–Crippen MR) is 69.3 cm³/mol. The number of hydrazine groups is 1. The maximum absolute atomic E-state index is 6.14. The molecule has 88 valence electrons. The summed E-state index contributed by atoms with van der Waals surface area (Å²) >= 11 is 6.14. The number of nitrogens with zero attached hydrogens (tertiary/aromatic N) is 1. The van der Waals surface area contributed by atoms with E-state index in [0.717, 1.165) is 11.1 Å². The van der Waals surface area contributed by atoms with Crippen LogP contribution in [0.25, 0.3) is 0 Å². The van der Waals surface area contributed by atoms with Crippen molar-refractivity contribution in [1.29, 1.82) is 0 Å². The lowest BCUT2D eigenvalue weighted by Crippen LogP contribution is -2.29. The molecule has 0 spiro atoms. The van der Waals surface area contributed by atoms with Crippen LogP contribution in [0.15, 0.2) is 42.7 Å². The van der Waals surface area contributed by atoms with Gasteiger partial charge in [-0.25, -0.2) is 5.43 Å². The molecule has 5 heteroatoms. The Morgan fingerprint density at radius 1 is 1.18 bits per heavy atom. The van der Waals surface area contributed by atoms with Crippen LogP contribution in [0.2, 0.25) is 5.02 Å². The number of aromatic nitrogens is 1. The monoisotopic (exact) mass is 248 g/mol. The Kier molecular flexibility index (Phi) is 3.58. The van der Waals surface area contributed by atoms with Gasteiger partial charge >= 0.3 is 0 Å². The van der Waals surface area contributed by atoms with Crippen molar-refractivity contribution in [2.24, 2.45) is 5.84 Å². The molecule has 2 rings (SSSR count). The second-order valence-corrected chi connectivity index (χ2v) is 4.03. The molecule has 0 bridgehead atoms. The van der Waals surface area contributed by atoms with Crippen molar-refractivity contribution in [2.75, 3.05) is 5.73 Å². The molecule has 1 atom stereocenters. The normalized spacial score (nSPS) is 12.4. The minimum Gasteiger partial charge on any atom is -0.398 e. The molecule has 0 fully saturated rings. The van der Waals surface area contributed by atoms with E-state index in [4.69, 9.17) is 23.2 Å². The second kappa shape index (κ2) is 5.14. The lowest BCUT2D eigenvalue weighted by atomic mass is 9.99. The number of pyridine rings is 1. The summed E-state index contributed by atoms with van der Waals surface area (Å²) < 4.78 is 0. The first-order valence-corrected chi connectivity index (χ1v) is 5.51. The molecule has 1 heterocycles. The number of anilines is 1. The summed E-state index contributed by atoms with van der Waals surface area (Å²) in [6.45, 7) is 0. The van der Waals surface area contributed by atoms with Crippen LogP contribution in [-0.4, -0.2) is 4.98 Å². The first-order valence-electron chi connectivity index (χ1n) is 5.14. The van der Waals surface area contributed by atoms with Crippen LogP contribution in [0.3, 0.4) is 0 Å². The predicted octanol–water partition coefficient (Wildman–Crippen LogP) is 1.87. The first-order chi connectivity index (χ1) is 8.24. The van der Waals surface area contributed by atoms with Gasteiger partial charge in [-0.2, -0.15) is 0 Å². The summed E-state index contributed by atoms with van der Waals surface area (Å²) in [7, 11) is 0. The molecule has 1 aromatic heterocycles. The van der Waals surface area contributed by atoms with E-state index in [2.05, 4.69) is 10.4 Å². The van der Waals surface area contributed by atoms with Crippen LogP contribution in [0.4, 0.5) is 5.69 Å². The Morgan fingerprint density at radius 2 is 1.94 bits per heavy atom. The zero-order valence-corrected chi connectivity index (χ0v) is 9.85. The van der Waals surface area contributed by atoms with E-state index in [1.165, 1.54) is 0 Å². The third-order valence-corrected chi connectivity index (χ3v) is 2.93. The van der Waals surface area contributed by atoms with Gasteiger partial charge in [0.05, 0.1) is 6.04 Å². The van der Waals surface area contributed by atoms with Crippen LogP contribution in [-0.2, 0) is 0 Å². The van der Waals surface area contributed by atoms with Crippen molar-refractivity contribution < 1.29 is 0 Å². The summed E-state index contributed by atoms with van der Waals surface area (Å²) in [6, 6.07) is 8.95. The van der Waals surface area contributed by atoms with Crippen molar-refractivity contribution in [3.8, 4) is 0 Å². The minimum absolute atomic E-state index is 0.266. The average molecular weight is 249 g/mol. The highest BCUT2D eigenvalue weighted by Gasteiger charge is 2.17. The van der Waals surface area contributed by atoms with Crippen LogP contribution < -0.4 is 17.0 Å². The molecule has 17 heavy (non-hydrogen) atoms. The minimum atomic E-state index is -0.266. The van der Waals surface area contributed by atoms with E-state index in [9.17, 15) is 0 Å². The van der Waals surface area contributed by atoms with Crippen LogP contribution >= 0.6 is 11.6 Å². The summed E-state index contributed by atoms with van der Waals surface area (Å²) in [6.07, 6.45) is 3.32. The summed E-state index contributed by atoms with van der Waals surface area (Å²) in [5, 5.41) is 0.638. The van der Waals surface area contributed by atoms with E-state index < -0.39 is 0 Å². The summed E-state index contributed by atoms with van der Waals surface area (Å²) in [5.41, 5.74) is 10.9. The van der Waals surface area contributed by atoms with Gasteiger partial charge in [0, 0.05) is 28.7 Å². The van der Waals surface area contributed by atoms with E-state index in [1.807, 2.05) is 24.3 Å². The van der Waals surface area contributed by atoms with Crippen molar-refractivity contribution in [2.45, 2.75) is 6.04 Å². The molecule has 5 N–H and O–H groups in total. The van der Waals surface area contributed by atoms with Crippen LogP contribution in [0, 0.1) is 0 Å². The van der Waals surface area contributed by atoms with Gasteiger partial charge in [-0.15, -0.1) is 0 Å². The molecule has 2 aromatic rings. The number of nitrogen functional groups attached to an aromatic ring is 1. The van der Waals surface area contributed by atoms with E-state index in [-0.39, 0.29) is 6.04 Å². The smallest absolute Gasteiger partial charge is 0.0759 e. The Labute approximate surface area is 105 Å². The molecule has 0 saturated carbocycles. The van der Waals surface area contributed by atoms with Gasteiger partial charge in [-0.3, -0.25) is 10.8 Å². The SMILES string of the molecule is NNC(c1cnccc1N)c1ccccc1Cl. The number of hydrogen-bond donors (Lipinski definition) is 3. The molecule has 4 nitrogen and oxygen atoms in total. The van der Waals surface area contributed by atoms with Crippen molar-refractivity contribution in [1.82, 2.24) is 10.4 Å². The molecule has 1 aromatic carbocycles. The Hall–Kier alpha value is -1.62. The number of benzene rings is 1. The standard InChI is InChI=1S/C12H13ClN4/c13-10-4-2-1-3-8(10)12(17-15)9-7-16-6-5-11(9)14/h1-7,12,17H,15H2,(H2,14,16). The number of hydrogen-bond acceptors (Lipinski definition) is 4. The molecule has 0 aliphatic heterocycles. The maximum atomic E-state index is 6.14. The highest BCUT2D eigenvalue weighted by atomic mass is 35.5. The molecule has 0 saturated heterocycles. The van der Waals surface area contributed by atoms with Crippen LogP contribution in [0.5, 0.6) is 0 Å². The van der Waals surface area contributed by atoms with Crippen molar-refractivity contribution in [3.63, 3.8) is 0 Å². The number of nitrogens with two attached hydrogens (primary N) is 2. The first kappa shape index (κ1) is 11.9. The lowest BCUT2D eigenvalue weighted by Gasteiger charge is -2.19. The molecule has 0 aliphatic rings. The van der Waals surface area contributed by atoms with Gasteiger partial charge in [0.1, 0.15) is 0 Å². The number of rotatable bonds is 3. The lowest BCUT2D eigenvalue weighted by molar-refractivity contribution is 0.636. The summed E-state index contributed by atoms with van der Waals surface area (Å²) in [4.78, 5) is 4.05. The second-order valence-electron chi connectivity index (χ2n) is 3.63. The Bertz CT molecular complexity index is 470. The van der Waals surface area contributed by atoms with Gasteiger partial charge in [0.25, 0.3) is 0 Å². The highest BCUT2D eigenvalue weighted by molar-refractivity contribution is 6.31. The summed E-state index contributed by atoms with van der Waals surface area (Å²) in [5.74, 6) is 5.58. The van der Waals surface area contributed by atoms with Gasteiger partial charge in [0.2, 0.25) is 0 Å². The molecule has 0 amide bonds. The fourth-order valence-electron chi connectivity index (χ4n) is 1.71. The average Bonchev–Trinajstić information content (AvgIpc) is 2.34. The Morgan fingerprint density at radius 3 is 2.59 bits per heavy atom. The van der Waals surface area contributed by atoms with E-state index in [0.29, 0.717) is 10.7 Å². The van der Waals surface area contributed by atoms with Gasteiger partial charge in [-0.1, -0.05) is 29.8 Å². The zero-order valence-electron chi connectivity index (χ0n) is 9.10. The molecule has 0 aliphatic carbocycles. The van der Waals surface area contributed by atoms with Gasteiger partial charge in [-0.05, 0) is 17.7 Å². The Balaban J connectivity index is 2.48. The number of halogens is 1. The van der Waals surface area contributed by atoms with Crippen molar-refractivity contribution in [3.05, 3.63) is 58.9 Å². The molecular formula is C12H13ClN4. The third kappa shape index (κ3) is 2.39. The van der Waals surface area contributed by atoms with Gasteiger partial charge < -0.3 is 5.73 Å². The maximum Gasteiger partial charge on any atom is 0.0759 e.